The van der Waals surface area contributed by atoms with E-state index in [1.165, 1.54) is 24.3 Å². The number of carboxylic acids is 3. The molecule has 1 heterocycles. The van der Waals surface area contributed by atoms with E-state index in [4.69, 9.17) is 30.8 Å². The molecule has 0 fully saturated rings. The van der Waals surface area contributed by atoms with Crippen LogP contribution in [-0.2, 0) is 27.2 Å². The minimum Gasteiger partial charge on any atom is -0.492 e. The molecule has 0 aliphatic carbocycles. The number of aliphatic carboxylic acids is 3. The van der Waals surface area contributed by atoms with Gasteiger partial charge < -0.3 is 51.2 Å². The van der Waals surface area contributed by atoms with E-state index in [9.17, 15) is 34.2 Å². The third-order valence-corrected chi connectivity index (χ3v) is 7.22. The number of aryl methyl sites for hydroxylation is 1. The summed E-state index contributed by atoms with van der Waals surface area (Å²) in [6.45, 7) is -0.647. The zero-order valence-corrected chi connectivity index (χ0v) is 26.2. The second-order valence-corrected chi connectivity index (χ2v) is 10.8. The van der Waals surface area contributed by atoms with Crippen molar-refractivity contribution >= 4 is 41.4 Å². The molecule has 0 saturated carbocycles. The molecular formula is C33H35N5O11. The quantitative estimate of drug-likeness (QED) is 0.0464. The highest BCUT2D eigenvalue weighted by Gasteiger charge is 2.35. The molecular weight excluding hydrogens is 642 g/mol. The fourth-order valence-corrected chi connectivity index (χ4v) is 5.05. The van der Waals surface area contributed by atoms with Gasteiger partial charge in [0, 0.05) is 13.0 Å². The standard InChI is InChI=1S/C33H35N5O11/c34-33(35)37-21-8-11-23-20(16-21)3-2-13-48-29-24(4-1-5-26(29)49-32(23)46)30(43)38(18-28(41)42)25(31(44)45)15-19-6-9-22(10-7-19)47-14-12-36-17-27(39)40/h1,4-11,16,25,36H,2-3,12-15,17-18H2,(H,39,40)(H,41,42)(H,44,45)(H4,34,35,37)/t25-/m0/s1. The summed E-state index contributed by atoms with van der Waals surface area (Å²) in [5, 5.41) is 31.2. The van der Waals surface area contributed by atoms with Gasteiger partial charge in [-0.2, -0.15) is 0 Å². The molecule has 4 rings (SSSR count). The lowest BCUT2D eigenvalue weighted by atomic mass is 10.0. The van der Waals surface area contributed by atoms with Crippen LogP contribution < -0.4 is 31.0 Å². The van der Waals surface area contributed by atoms with Crippen molar-refractivity contribution in [1.29, 1.82) is 0 Å². The molecule has 0 aromatic heterocycles. The molecule has 258 valence electrons. The minimum atomic E-state index is -1.61. The normalized spacial score (nSPS) is 12.9. The third-order valence-electron chi connectivity index (χ3n) is 7.22. The Kier molecular flexibility index (Phi) is 12.1. The van der Waals surface area contributed by atoms with Crippen LogP contribution >= 0.6 is 0 Å². The van der Waals surface area contributed by atoms with E-state index in [1.54, 1.807) is 36.4 Å². The largest absolute Gasteiger partial charge is 0.492 e. The van der Waals surface area contributed by atoms with Crippen LogP contribution in [0.5, 0.6) is 17.2 Å². The zero-order chi connectivity index (χ0) is 35.5. The molecule has 0 saturated heterocycles. The minimum absolute atomic E-state index is 0.0616. The molecule has 49 heavy (non-hydrogen) atoms. The number of guanidine groups is 1. The molecule has 0 unspecified atom stereocenters. The van der Waals surface area contributed by atoms with Gasteiger partial charge in [-0.3, -0.25) is 14.4 Å². The highest BCUT2D eigenvalue weighted by Crippen LogP contribution is 2.35. The molecule has 3 aromatic rings. The van der Waals surface area contributed by atoms with Gasteiger partial charge in [0.2, 0.25) is 0 Å². The Hall–Kier alpha value is -6.16. The Morgan fingerprint density at radius 1 is 1.00 bits per heavy atom. The van der Waals surface area contributed by atoms with Crippen molar-refractivity contribution in [2.45, 2.75) is 25.3 Å². The van der Waals surface area contributed by atoms with E-state index in [0.29, 0.717) is 40.3 Å². The third kappa shape index (κ3) is 9.92. The summed E-state index contributed by atoms with van der Waals surface area (Å²) in [4.78, 5) is 67.0. The second-order valence-electron chi connectivity index (χ2n) is 10.8. The fraction of sp³-hybridized carbons (Fsp3) is 0.273. The van der Waals surface area contributed by atoms with Crippen LogP contribution in [0.3, 0.4) is 0 Å². The molecule has 16 nitrogen and oxygen atoms in total. The first-order valence-electron chi connectivity index (χ1n) is 15.0. The maximum atomic E-state index is 14.0. The first-order chi connectivity index (χ1) is 23.4. The number of nitrogens with one attached hydrogen (secondary N) is 1. The van der Waals surface area contributed by atoms with Gasteiger partial charge in [-0.25, -0.2) is 14.6 Å². The van der Waals surface area contributed by atoms with E-state index in [-0.39, 0.29) is 61.3 Å². The van der Waals surface area contributed by atoms with Crippen LogP contribution in [0.4, 0.5) is 5.69 Å². The number of carboxylic acid groups (broad SMARTS) is 3. The Morgan fingerprint density at radius 2 is 1.76 bits per heavy atom. The molecule has 1 aliphatic rings. The summed E-state index contributed by atoms with van der Waals surface area (Å²) in [5.41, 5.74) is 12.5. The molecule has 0 bridgehead atoms. The van der Waals surface area contributed by atoms with Gasteiger partial charge in [-0.15, -0.1) is 0 Å². The Morgan fingerprint density at radius 3 is 2.43 bits per heavy atom. The lowest BCUT2D eigenvalue weighted by molar-refractivity contribution is -0.145. The number of hydrogen-bond donors (Lipinski definition) is 6. The highest BCUT2D eigenvalue weighted by molar-refractivity contribution is 6.02. The molecule has 16 heteroatoms. The van der Waals surface area contributed by atoms with E-state index < -0.39 is 42.4 Å². The molecule has 8 N–H and O–H groups in total. The number of carbonyl (C=O) groups is 5. The topological polar surface area (TPSA) is 253 Å². The number of para-hydroxylation sites is 1. The number of amides is 1. The summed E-state index contributed by atoms with van der Waals surface area (Å²) in [7, 11) is 0. The summed E-state index contributed by atoms with van der Waals surface area (Å²) in [5.74, 6) is -5.58. The van der Waals surface area contributed by atoms with Crippen LogP contribution in [0.2, 0.25) is 0 Å². The number of rotatable bonds is 14. The van der Waals surface area contributed by atoms with Crippen molar-refractivity contribution in [3.63, 3.8) is 0 Å². The number of aliphatic imine (C=N–C) groups is 1. The number of benzene rings is 3. The predicted molar refractivity (Wildman–Crippen MR) is 173 cm³/mol. The average molecular weight is 678 g/mol. The van der Waals surface area contributed by atoms with Gasteiger partial charge in [0.25, 0.3) is 5.91 Å². The van der Waals surface area contributed by atoms with Gasteiger partial charge in [0.1, 0.15) is 24.9 Å². The monoisotopic (exact) mass is 677 g/mol. The molecule has 3 aromatic carbocycles. The number of fused-ring (bicyclic) bond motifs is 2. The van der Waals surface area contributed by atoms with Gasteiger partial charge in [-0.1, -0.05) is 18.2 Å². The summed E-state index contributed by atoms with van der Waals surface area (Å²) in [6.07, 6.45) is 0.502. The van der Waals surface area contributed by atoms with Crippen LogP contribution in [0.25, 0.3) is 0 Å². The van der Waals surface area contributed by atoms with Crippen molar-refractivity contribution in [2.24, 2.45) is 16.5 Å². The van der Waals surface area contributed by atoms with Crippen LogP contribution in [-0.4, -0.2) is 94.9 Å². The maximum absolute atomic E-state index is 14.0. The van der Waals surface area contributed by atoms with E-state index in [1.807, 2.05) is 0 Å². The van der Waals surface area contributed by atoms with Crippen molar-refractivity contribution < 1.29 is 53.5 Å². The molecule has 0 radical (unpaired) electrons. The maximum Gasteiger partial charge on any atom is 0.343 e. The SMILES string of the molecule is NC(N)=Nc1ccc2c(c1)CCCOc1c(cccc1C(=O)N(CC(=O)O)[C@@H](Cc1ccc(OCCNCC(=O)O)cc1)C(=O)O)OC2=O. The van der Waals surface area contributed by atoms with Crippen molar-refractivity contribution in [3.8, 4) is 17.2 Å². The molecule has 1 aliphatic heterocycles. The molecule has 0 spiro atoms. The Balaban J connectivity index is 1.58. The van der Waals surface area contributed by atoms with Crippen LogP contribution in [0, 0.1) is 0 Å². The van der Waals surface area contributed by atoms with E-state index >= 15 is 0 Å². The van der Waals surface area contributed by atoms with Crippen molar-refractivity contribution in [3.05, 3.63) is 82.9 Å². The van der Waals surface area contributed by atoms with Crippen molar-refractivity contribution in [2.75, 3.05) is 32.8 Å². The summed E-state index contributed by atoms with van der Waals surface area (Å²) < 4.78 is 17.1. The first kappa shape index (κ1) is 35.7. The number of esters is 1. The Labute approximate surface area is 279 Å². The lowest BCUT2D eigenvalue weighted by Crippen LogP contribution is -2.48. The Bertz CT molecular complexity index is 1740. The second kappa shape index (κ2) is 16.6. The van der Waals surface area contributed by atoms with Gasteiger partial charge in [0.15, 0.2) is 17.5 Å². The molecule has 1 amide bonds. The smallest absolute Gasteiger partial charge is 0.343 e. The predicted octanol–water partition coefficient (Wildman–Crippen LogP) is 1.41. The number of carbonyl (C=O) groups excluding carboxylic acids is 2. The fourth-order valence-electron chi connectivity index (χ4n) is 5.05. The van der Waals surface area contributed by atoms with Gasteiger partial charge in [-0.05, 0) is 66.4 Å². The van der Waals surface area contributed by atoms with Gasteiger partial charge in [0.05, 0.1) is 30.0 Å². The average Bonchev–Trinajstić information content (AvgIpc) is 3.04. The number of hydrogen-bond acceptors (Lipinski definition) is 10. The van der Waals surface area contributed by atoms with Crippen LogP contribution in [0.1, 0.15) is 38.3 Å². The van der Waals surface area contributed by atoms with Crippen LogP contribution in [0.15, 0.2) is 65.7 Å². The highest BCUT2D eigenvalue weighted by atomic mass is 16.6. The van der Waals surface area contributed by atoms with E-state index in [0.717, 1.165) is 0 Å². The molecule has 1 atom stereocenters. The van der Waals surface area contributed by atoms with E-state index in [2.05, 4.69) is 10.3 Å². The number of nitrogens with two attached hydrogens (primary N) is 2. The van der Waals surface area contributed by atoms with Gasteiger partial charge >= 0.3 is 23.9 Å². The number of nitrogens with zero attached hydrogens (tertiary/aromatic N) is 2. The van der Waals surface area contributed by atoms with Crippen molar-refractivity contribution in [1.82, 2.24) is 10.2 Å². The lowest BCUT2D eigenvalue weighted by Gasteiger charge is -2.29. The zero-order valence-electron chi connectivity index (χ0n) is 26.2. The first-order valence-corrected chi connectivity index (χ1v) is 15.0. The summed E-state index contributed by atoms with van der Waals surface area (Å²) >= 11 is 0. The summed E-state index contributed by atoms with van der Waals surface area (Å²) in [6, 6.07) is 13.5. The number of ether oxygens (including phenoxy) is 3.